The van der Waals surface area contributed by atoms with Gasteiger partial charge in [-0.15, -0.1) is 10.2 Å². The smallest absolute Gasteiger partial charge is 0.261 e. The van der Waals surface area contributed by atoms with Gasteiger partial charge in [0.05, 0.1) is 5.69 Å². The van der Waals surface area contributed by atoms with Gasteiger partial charge in [0, 0.05) is 50.4 Å². The number of fused-ring (bicyclic) bond motifs is 1. The normalized spacial score (nSPS) is 14.8. The van der Waals surface area contributed by atoms with Crippen molar-refractivity contribution in [2.75, 3.05) is 37.6 Å². The van der Waals surface area contributed by atoms with Gasteiger partial charge in [-0.1, -0.05) is 108 Å². The summed E-state index contributed by atoms with van der Waals surface area (Å²) < 4.78 is 8.22. The molecular weight excluding hydrogens is 622 g/mol. The Morgan fingerprint density at radius 2 is 1.60 bits per heavy atom. The molecule has 1 atom stereocenters. The molecule has 260 valence electrons. The summed E-state index contributed by atoms with van der Waals surface area (Å²) in [5.41, 5.74) is 3.48. The number of hydrogen-bond donors (Lipinski definition) is 2. The molecule has 1 unspecified atom stereocenters. The standard InChI is InChI=1S/C38H54ClN7O2/c1-5-6-7-8-9-10-11-15-18-33(36(47)40-28-38(3,4)37-42-41-35-34(39)29(2)43-46(35)37)48-32-21-19-31(20-22-32)45-25-23-44(24-26-45)27-30-16-13-12-14-17-30/h12-14,16-17,19-22,33,43H,5-11,15,18,23-28H2,1-4H3,(H,40,47). The molecule has 48 heavy (non-hydrogen) atoms. The highest BCUT2D eigenvalue weighted by molar-refractivity contribution is 6.34. The summed E-state index contributed by atoms with van der Waals surface area (Å²) in [5.74, 6) is 1.33. The van der Waals surface area contributed by atoms with Gasteiger partial charge in [0.2, 0.25) is 0 Å². The van der Waals surface area contributed by atoms with Crippen molar-refractivity contribution in [3.05, 3.63) is 76.7 Å². The van der Waals surface area contributed by atoms with Gasteiger partial charge in [-0.2, -0.15) is 0 Å². The quantitative estimate of drug-likeness (QED) is 0.105. The number of benzene rings is 2. The molecule has 0 bridgehead atoms. The Hall–Kier alpha value is -3.56. The first-order valence-electron chi connectivity index (χ1n) is 17.9. The van der Waals surface area contributed by atoms with Crippen LogP contribution in [-0.2, 0) is 16.8 Å². The fraction of sp³-hybridized carbons (Fsp3) is 0.553. The van der Waals surface area contributed by atoms with Crippen molar-refractivity contribution < 1.29 is 9.53 Å². The number of ether oxygens (including phenoxy) is 1. The van der Waals surface area contributed by atoms with Crippen molar-refractivity contribution in [3.8, 4) is 5.75 Å². The molecule has 10 heteroatoms. The van der Waals surface area contributed by atoms with Crippen LogP contribution < -0.4 is 15.0 Å². The van der Waals surface area contributed by atoms with Crippen LogP contribution in [0.15, 0.2) is 54.6 Å². The largest absolute Gasteiger partial charge is 0.481 e. The van der Waals surface area contributed by atoms with Crippen LogP contribution in [0.3, 0.4) is 0 Å². The lowest BCUT2D eigenvalue weighted by Crippen LogP contribution is -2.46. The van der Waals surface area contributed by atoms with Crippen LogP contribution in [0, 0.1) is 6.92 Å². The van der Waals surface area contributed by atoms with Gasteiger partial charge in [-0.25, -0.2) is 4.52 Å². The Morgan fingerprint density at radius 3 is 2.29 bits per heavy atom. The molecule has 3 heterocycles. The Kier molecular flexibility index (Phi) is 12.8. The first kappa shape index (κ1) is 35.7. The number of amides is 1. The SMILES string of the molecule is CCCCCCCCCCC(Oc1ccc(N2CCN(Cc3ccccc3)CC2)cc1)C(=O)NCC(C)(C)c1nnc2c(Cl)c(C)[nH]n12. The predicted octanol–water partition coefficient (Wildman–Crippen LogP) is 7.71. The van der Waals surface area contributed by atoms with Crippen LogP contribution >= 0.6 is 11.6 Å². The summed E-state index contributed by atoms with van der Waals surface area (Å²) in [4.78, 5) is 18.6. The van der Waals surface area contributed by atoms with E-state index >= 15 is 0 Å². The maximum Gasteiger partial charge on any atom is 0.261 e. The topological polar surface area (TPSA) is 90.8 Å². The fourth-order valence-electron chi connectivity index (χ4n) is 6.47. The molecule has 0 saturated carbocycles. The molecule has 1 aliphatic heterocycles. The van der Waals surface area contributed by atoms with Crippen molar-refractivity contribution in [2.45, 2.75) is 104 Å². The number of H-pyrrole nitrogens is 1. The molecule has 9 nitrogen and oxygen atoms in total. The Morgan fingerprint density at radius 1 is 0.938 bits per heavy atom. The summed E-state index contributed by atoms with van der Waals surface area (Å²) >= 11 is 6.39. The molecule has 2 aromatic heterocycles. The number of aromatic amines is 1. The van der Waals surface area contributed by atoms with Crippen molar-refractivity contribution >= 4 is 28.8 Å². The van der Waals surface area contributed by atoms with Gasteiger partial charge < -0.3 is 15.0 Å². The van der Waals surface area contributed by atoms with E-state index in [2.05, 4.69) is 79.8 Å². The molecule has 1 fully saturated rings. The number of carbonyl (C=O) groups is 1. The average Bonchev–Trinajstić information content (AvgIpc) is 3.64. The molecule has 0 spiro atoms. The highest BCUT2D eigenvalue weighted by Gasteiger charge is 2.31. The van der Waals surface area contributed by atoms with Crippen molar-refractivity contribution in [1.29, 1.82) is 0 Å². The second kappa shape index (κ2) is 17.2. The zero-order valence-corrected chi connectivity index (χ0v) is 30.1. The number of piperazine rings is 1. The highest BCUT2D eigenvalue weighted by atomic mass is 35.5. The van der Waals surface area contributed by atoms with E-state index in [-0.39, 0.29) is 5.91 Å². The highest BCUT2D eigenvalue weighted by Crippen LogP contribution is 2.27. The number of nitrogens with zero attached hydrogens (tertiary/aromatic N) is 5. The minimum Gasteiger partial charge on any atom is -0.481 e. The van der Waals surface area contributed by atoms with E-state index in [1.807, 2.05) is 37.4 Å². The van der Waals surface area contributed by atoms with Gasteiger partial charge in [0.15, 0.2) is 17.6 Å². The Labute approximate surface area is 291 Å². The third kappa shape index (κ3) is 9.53. The molecule has 0 aliphatic carbocycles. The van der Waals surface area contributed by atoms with Crippen LogP contribution in [-0.4, -0.2) is 69.4 Å². The Bertz CT molecular complexity index is 1560. The van der Waals surface area contributed by atoms with E-state index in [9.17, 15) is 4.79 Å². The number of aryl methyl sites for hydroxylation is 1. The second-order valence-corrected chi connectivity index (χ2v) is 14.3. The number of aromatic nitrogens is 4. The molecule has 2 N–H and O–H groups in total. The maximum absolute atomic E-state index is 13.7. The molecular formula is C38H54ClN7O2. The van der Waals surface area contributed by atoms with E-state index in [0.29, 0.717) is 29.5 Å². The van der Waals surface area contributed by atoms with Crippen LogP contribution in [0.1, 0.15) is 95.6 Å². The van der Waals surface area contributed by atoms with Gasteiger partial charge in [0.1, 0.15) is 10.8 Å². The van der Waals surface area contributed by atoms with E-state index in [4.69, 9.17) is 16.3 Å². The summed E-state index contributed by atoms with van der Waals surface area (Å²) in [7, 11) is 0. The zero-order chi connectivity index (χ0) is 33.9. The summed E-state index contributed by atoms with van der Waals surface area (Å²) in [5, 5.41) is 15.6. The number of unbranched alkanes of at least 4 members (excludes halogenated alkanes) is 7. The van der Waals surface area contributed by atoms with Crippen LogP contribution in [0.4, 0.5) is 5.69 Å². The number of halogens is 1. The monoisotopic (exact) mass is 675 g/mol. The van der Waals surface area contributed by atoms with E-state index in [0.717, 1.165) is 57.0 Å². The maximum atomic E-state index is 13.7. The number of rotatable bonds is 18. The predicted molar refractivity (Wildman–Crippen MR) is 195 cm³/mol. The lowest BCUT2D eigenvalue weighted by Gasteiger charge is -2.36. The lowest BCUT2D eigenvalue weighted by molar-refractivity contribution is -0.128. The zero-order valence-electron chi connectivity index (χ0n) is 29.3. The minimum absolute atomic E-state index is 0.105. The molecule has 5 rings (SSSR count). The van der Waals surface area contributed by atoms with Gasteiger partial charge >= 0.3 is 0 Å². The van der Waals surface area contributed by atoms with Gasteiger partial charge in [-0.3, -0.25) is 14.8 Å². The molecule has 4 aromatic rings. The van der Waals surface area contributed by atoms with Crippen molar-refractivity contribution in [3.63, 3.8) is 0 Å². The van der Waals surface area contributed by atoms with Crippen LogP contribution in [0.25, 0.3) is 5.65 Å². The fourth-order valence-corrected chi connectivity index (χ4v) is 6.63. The lowest BCUT2D eigenvalue weighted by atomic mass is 9.92. The third-order valence-electron chi connectivity index (χ3n) is 9.49. The number of anilines is 1. The first-order chi connectivity index (χ1) is 23.2. The summed E-state index contributed by atoms with van der Waals surface area (Å²) in [6.45, 7) is 13.6. The van der Waals surface area contributed by atoms with E-state index < -0.39 is 11.5 Å². The Balaban J connectivity index is 1.17. The molecule has 2 aromatic carbocycles. The van der Waals surface area contributed by atoms with Gasteiger partial charge in [-0.05, 0) is 49.6 Å². The van der Waals surface area contributed by atoms with Crippen LogP contribution in [0.2, 0.25) is 5.02 Å². The third-order valence-corrected chi connectivity index (χ3v) is 9.94. The molecule has 1 saturated heterocycles. The van der Waals surface area contributed by atoms with Crippen molar-refractivity contribution in [1.82, 2.24) is 30.0 Å². The first-order valence-corrected chi connectivity index (χ1v) is 18.3. The summed E-state index contributed by atoms with van der Waals surface area (Å²) in [6, 6.07) is 18.9. The van der Waals surface area contributed by atoms with E-state index in [1.54, 1.807) is 0 Å². The number of hydrogen-bond acceptors (Lipinski definition) is 6. The minimum atomic E-state index is -0.575. The van der Waals surface area contributed by atoms with Crippen molar-refractivity contribution in [2.24, 2.45) is 0 Å². The number of carbonyl (C=O) groups excluding carboxylic acids is 1. The van der Waals surface area contributed by atoms with Gasteiger partial charge in [0.25, 0.3) is 5.91 Å². The average molecular weight is 676 g/mol. The van der Waals surface area contributed by atoms with Crippen LogP contribution in [0.5, 0.6) is 5.75 Å². The summed E-state index contributed by atoms with van der Waals surface area (Å²) in [6.07, 6.45) is 9.77. The molecule has 1 aliphatic rings. The van der Waals surface area contributed by atoms with E-state index in [1.165, 1.54) is 49.8 Å². The number of nitrogens with one attached hydrogen (secondary N) is 2. The molecule has 1 amide bonds. The second-order valence-electron chi connectivity index (χ2n) is 13.9. The molecule has 0 radical (unpaired) electrons.